The number of hydrogen-bond donors (Lipinski definition) is 1. The number of likely N-dealkylation sites (N-methyl/N-ethyl adjacent to an activating group) is 1. The van der Waals surface area contributed by atoms with Crippen LogP contribution in [0.2, 0.25) is 4.34 Å². The van der Waals surface area contributed by atoms with Gasteiger partial charge in [0.2, 0.25) is 5.91 Å². The monoisotopic (exact) mass is 430 g/mol. The normalized spacial score (nSPS) is 11.6. The van der Waals surface area contributed by atoms with Crippen LogP contribution >= 0.6 is 22.9 Å². The Morgan fingerprint density at radius 1 is 1.30 bits per heavy atom. The first kappa shape index (κ1) is 21.7. The summed E-state index contributed by atoms with van der Waals surface area (Å²) in [5, 5.41) is 2.74. The molecule has 1 heterocycles. The van der Waals surface area contributed by atoms with Crippen molar-refractivity contribution >= 4 is 44.6 Å². The molecule has 148 valence electrons. The SMILES string of the molecule is CCCCOc1ccc(NC(=O)CN(C)S(=O)(=O)c2ccc(Cl)s2)c(C)c1. The summed E-state index contributed by atoms with van der Waals surface area (Å²) in [5.41, 5.74) is 1.46. The number of halogens is 1. The molecule has 0 saturated heterocycles. The number of carbonyl (C=O) groups is 1. The molecule has 0 radical (unpaired) electrons. The number of nitrogens with one attached hydrogen (secondary N) is 1. The van der Waals surface area contributed by atoms with E-state index in [0.717, 1.165) is 39.8 Å². The summed E-state index contributed by atoms with van der Waals surface area (Å²) in [4.78, 5) is 12.3. The van der Waals surface area contributed by atoms with Gasteiger partial charge in [-0.3, -0.25) is 4.79 Å². The molecule has 27 heavy (non-hydrogen) atoms. The van der Waals surface area contributed by atoms with Crippen molar-refractivity contribution in [2.45, 2.75) is 30.9 Å². The zero-order valence-corrected chi connectivity index (χ0v) is 17.9. The summed E-state index contributed by atoms with van der Waals surface area (Å²) in [6, 6.07) is 8.33. The number of amides is 1. The molecule has 0 aliphatic rings. The molecule has 1 N–H and O–H groups in total. The molecule has 0 aliphatic carbocycles. The van der Waals surface area contributed by atoms with Crippen LogP contribution in [0.1, 0.15) is 25.3 Å². The molecule has 1 aromatic heterocycles. The molecule has 0 saturated carbocycles. The van der Waals surface area contributed by atoms with Crippen molar-refractivity contribution in [3.05, 3.63) is 40.2 Å². The van der Waals surface area contributed by atoms with Crippen molar-refractivity contribution in [3.63, 3.8) is 0 Å². The maximum atomic E-state index is 12.5. The summed E-state index contributed by atoms with van der Waals surface area (Å²) < 4.78 is 32.0. The molecule has 6 nitrogen and oxygen atoms in total. The minimum absolute atomic E-state index is 0.104. The van der Waals surface area contributed by atoms with E-state index in [4.69, 9.17) is 16.3 Å². The van der Waals surface area contributed by atoms with E-state index in [2.05, 4.69) is 12.2 Å². The average Bonchev–Trinajstić information content (AvgIpc) is 3.04. The highest BCUT2D eigenvalue weighted by atomic mass is 35.5. The van der Waals surface area contributed by atoms with Crippen molar-refractivity contribution in [2.75, 3.05) is 25.5 Å². The van der Waals surface area contributed by atoms with Gasteiger partial charge in [-0.1, -0.05) is 24.9 Å². The third kappa shape index (κ3) is 5.93. The number of aryl methyl sites for hydroxylation is 1. The molecule has 9 heteroatoms. The predicted molar refractivity (Wildman–Crippen MR) is 109 cm³/mol. The van der Waals surface area contributed by atoms with Crippen molar-refractivity contribution < 1.29 is 17.9 Å². The van der Waals surface area contributed by atoms with E-state index in [1.165, 1.54) is 19.2 Å². The number of benzene rings is 1. The van der Waals surface area contributed by atoms with Crippen LogP contribution in [0.5, 0.6) is 5.75 Å². The lowest BCUT2D eigenvalue weighted by Crippen LogP contribution is -2.34. The van der Waals surface area contributed by atoms with E-state index in [1.807, 2.05) is 13.0 Å². The van der Waals surface area contributed by atoms with Gasteiger partial charge >= 0.3 is 0 Å². The molecule has 0 aliphatic heterocycles. The minimum Gasteiger partial charge on any atom is -0.494 e. The van der Waals surface area contributed by atoms with Gasteiger partial charge < -0.3 is 10.1 Å². The van der Waals surface area contributed by atoms with Gasteiger partial charge in [0, 0.05) is 12.7 Å². The van der Waals surface area contributed by atoms with Gasteiger partial charge in [-0.25, -0.2) is 8.42 Å². The molecule has 0 spiro atoms. The lowest BCUT2D eigenvalue weighted by Gasteiger charge is -2.16. The zero-order valence-electron chi connectivity index (χ0n) is 15.5. The summed E-state index contributed by atoms with van der Waals surface area (Å²) in [6.45, 7) is 4.30. The zero-order chi connectivity index (χ0) is 20.0. The number of rotatable bonds is 9. The van der Waals surface area contributed by atoms with Gasteiger partial charge in [0.05, 0.1) is 17.5 Å². The van der Waals surface area contributed by atoms with Gasteiger partial charge in [0.25, 0.3) is 10.0 Å². The molecular formula is C18H23ClN2O4S2. The van der Waals surface area contributed by atoms with Crippen LogP contribution in [0.3, 0.4) is 0 Å². The topological polar surface area (TPSA) is 75.7 Å². The van der Waals surface area contributed by atoms with Crippen molar-refractivity contribution in [2.24, 2.45) is 0 Å². The van der Waals surface area contributed by atoms with Gasteiger partial charge in [-0.05, 0) is 49.2 Å². The summed E-state index contributed by atoms with van der Waals surface area (Å²) >= 11 is 6.76. The first-order valence-corrected chi connectivity index (χ1v) is 11.1. The average molecular weight is 431 g/mol. The fourth-order valence-electron chi connectivity index (χ4n) is 2.27. The Bertz CT molecular complexity index is 897. The predicted octanol–water partition coefficient (Wildman–Crippen LogP) is 4.15. The van der Waals surface area contributed by atoms with Crippen LogP contribution in [0.15, 0.2) is 34.5 Å². The van der Waals surface area contributed by atoms with Gasteiger partial charge in [-0.2, -0.15) is 4.31 Å². The van der Waals surface area contributed by atoms with Gasteiger partial charge in [0.1, 0.15) is 9.96 Å². The number of hydrogen-bond acceptors (Lipinski definition) is 5. The van der Waals surface area contributed by atoms with Crippen molar-refractivity contribution in [1.29, 1.82) is 0 Å². The van der Waals surface area contributed by atoms with Crippen molar-refractivity contribution in [1.82, 2.24) is 4.31 Å². The Kier molecular flexibility index (Phi) is 7.67. The fraction of sp³-hybridized carbons (Fsp3) is 0.389. The van der Waals surface area contributed by atoms with Crippen molar-refractivity contribution in [3.8, 4) is 5.75 Å². The number of nitrogens with zero attached hydrogens (tertiary/aromatic N) is 1. The molecule has 2 rings (SSSR count). The highest BCUT2D eigenvalue weighted by Gasteiger charge is 2.24. The highest BCUT2D eigenvalue weighted by molar-refractivity contribution is 7.91. The lowest BCUT2D eigenvalue weighted by molar-refractivity contribution is -0.116. The molecule has 0 fully saturated rings. The second-order valence-corrected chi connectivity index (χ2v) is 10.0. The standard InChI is InChI=1S/C18H23ClN2O4S2/c1-4-5-10-25-14-6-7-15(13(2)11-14)20-17(22)12-21(3)27(23,24)18-9-8-16(19)26-18/h6-9,11H,4-5,10,12H2,1-3H3,(H,20,22). The Morgan fingerprint density at radius 3 is 2.63 bits per heavy atom. The number of ether oxygens (including phenoxy) is 1. The Hall–Kier alpha value is -1.61. The summed E-state index contributed by atoms with van der Waals surface area (Å²) in [7, 11) is -2.39. The van der Waals surface area contributed by atoms with Crippen LogP contribution in [-0.4, -0.2) is 38.8 Å². The molecular weight excluding hydrogens is 408 g/mol. The third-order valence-corrected chi connectivity index (χ3v) is 7.32. The quantitative estimate of drug-likeness (QED) is 0.606. The van der Waals surface area contributed by atoms with Crippen LogP contribution in [-0.2, 0) is 14.8 Å². The van der Waals surface area contributed by atoms with Crippen LogP contribution in [0, 0.1) is 6.92 Å². The van der Waals surface area contributed by atoms with Crippen LogP contribution < -0.4 is 10.1 Å². The second-order valence-electron chi connectivity index (χ2n) is 6.05. The molecule has 2 aromatic rings. The number of sulfonamides is 1. The number of thiophene rings is 1. The van der Waals surface area contributed by atoms with E-state index < -0.39 is 15.9 Å². The first-order valence-electron chi connectivity index (χ1n) is 8.49. The Morgan fingerprint density at radius 2 is 2.04 bits per heavy atom. The molecule has 0 unspecified atom stereocenters. The fourth-order valence-corrected chi connectivity index (χ4v) is 5.09. The Labute approximate surface area is 169 Å². The smallest absolute Gasteiger partial charge is 0.252 e. The third-order valence-electron chi connectivity index (χ3n) is 3.82. The van der Waals surface area contributed by atoms with Crippen LogP contribution in [0.25, 0.3) is 0 Å². The molecule has 0 bridgehead atoms. The van der Waals surface area contributed by atoms with E-state index >= 15 is 0 Å². The molecule has 1 aromatic carbocycles. The number of unbranched alkanes of at least 4 members (excludes halogenated alkanes) is 1. The lowest BCUT2D eigenvalue weighted by atomic mass is 10.2. The summed E-state index contributed by atoms with van der Waals surface area (Å²) in [6.07, 6.45) is 2.04. The maximum absolute atomic E-state index is 12.5. The summed E-state index contributed by atoms with van der Waals surface area (Å²) in [5.74, 6) is 0.319. The second kappa shape index (κ2) is 9.54. The Balaban J connectivity index is 1.98. The molecule has 0 atom stereocenters. The van der Waals surface area contributed by atoms with Gasteiger partial charge in [-0.15, -0.1) is 11.3 Å². The number of carbonyl (C=O) groups excluding carboxylic acids is 1. The molecule has 1 amide bonds. The van der Waals surface area contributed by atoms with Crippen LogP contribution in [0.4, 0.5) is 5.69 Å². The van der Waals surface area contributed by atoms with E-state index in [1.54, 1.807) is 12.1 Å². The largest absolute Gasteiger partial charge is 0.494 e. The maximum Gasteiger partial charge on any atom is 0.252 e. The number of anilines is 1. The van der Waals surface area contributed by atoms with E-state index in [-0.39, 0.29) is 10.8 Å². The van der Waals surface area contributed by atoms with Gasteiger partial charge in [0.15, 0.2) is 0 Å². The van der Waals surface area contributed by atoms with E-state index in [0.29, 0.717) is 16.6 Å². The van der Waals surface area contributed by atoms with E-state index in [9.17, 15) is 13.2 Å². The highest BCUT2D eigenvalue weighted by Crippen LogP contribution is 2.27. The minimum atomic E-state index is -3.75. The first-order chi connectivity index (χ1) is 12.7.